The number of hydrogen-bond acceptors (Lipinski definition) is 3. The highest BCUT2D eigenvalue weighted by atomic mass is 15.1. The molecular formula is C11H17N3. The van der Waals surface area contributed by atoms with Crippen LogP contribution in [0.1, 0.15) is 38.1 Å². The molecule has 14 heavy (non-hydrogen) atoms. The summed E-state index contributed by atoms with van der Waals surface area (Å²) in [5.74, 6) is 0. The van der Waals surface area contributed by atoms with E-state index in [2.05, 4.69) is 29.1 Å². The van der Waals surface area contributed by atoms with Gasteiger partial charge in [-0.1, -0.05) is 0 Å². The number of rotatable bonds is 3. The summed E-state index contributed by atoms with van der Waals surface area (Å²) in [6.45, 7) is 6.30. The van der Waals surface area contributed by atoms with E-state index in [1.54, 1.807) is 0 Å². The lowest BCUT2D eigenvalue weighted by molar-refractivity contribution is 0.450. The molecule has 0 aliphatic heterocycles. The molecule has 0 atom stereocenters. The molecule has 0 aromatic carbocycles. The van der Waals surface area contributed by atoms with Gasteiger partial charge in [0.15, 0.2) is 0 Å². The minimum atomic E-state index is 0.134. The quantitative estimate of drug-likeness (QED) is 0.791. The van der Waals surface area contributed by atoms with Crippen LogP contribution in [0.4, 0.5) is 0 Å². The standard InChI is InChI=1S/C11H17N3/c1-8(2)14-11(4-5-11)10-7-12-9(3)6-13-10/h6-8,14H,4-5H2,1-3H3. The Kier molecular flexibility index (Phi) is 2.27. The lowest BCUT2D eigenvalue weighted by Gasteiger charge is -2.19. The molecule has 76 valence electrons. The van der Waals surface area contributed by atoms with Crippen LogP contribution in [0.25, 0.3) is 0 Å². The average molecular weight is 191 g/mol. The normalized spacial score (nSPS) is 18.6. The van der Waals surface area contributed by atoms with E-state index in [-0.39, 0.29) is 5.54 Å². The van der Waals surface area contributed by atoms with Crippen molar-refractivity contribution >= 4 is 0 Å². The molecule has 3 nitrogen and oxygen atoms in total. The third-order valence-electron chi connectivity index (χ3n) is 2.59. The zero-order chi connectivity index (χ0) is 10.2. The molecular weight excluding hydrogens is 174 g/mol. The van der Waals surface area contributed by atoms with Crippen LogP contribution in [0.15, 0.2) is 12.4 Å². The Morgan fingerprint density at radius 2 is 2.00 bits per heavy atom. The Bertz CT molecular complexity index is 312. The summed E-state index contributed by atoms with van der Waals surface area (Å²) >= 11 is 0. The highest BCUT2D eigenvalue weighted by Crippen LogP contribution is 2.44. The van der Waals surface area contributed by atoms with Gasteiger partial charge in [0.2, 0.25) is 0 Å². The van der Waals surface area contributed by atoms with Gasteiger partial charge in [-0.15, -0.1) is 0 Å². The summed E-state index contributed by atoms with van der Waals surface area (Å²) in [6, 6.07) is 0.501. The summed E-state index contributed by atoms with van der Waals surface area (Å²) in [7, 11) is 0. The first-order valence-electron chi connectivity index (χ1n) is 5.19. The van der Waals surface area contributed by atoms with Crippen molar-refractivity contribution in [3.05, 3.63) is 23.8 Å². The lowest BCUT2D eigenvalue weighted by atomic mass is 10.1. The molecule has 1 aliphatic rings. The molecule has 1 heterocycles. The molecule has 0 saturated heterocycles. The average Bonchev–Trinajstić information content (AvgIpc) is 2.85. The van der Waals surface area contributed by atoms with Gasteiger partial charge in [0, 0.05) is 12.2 Å². The number of aryl methyl sites for hydroxylation is 1. The maximum absolute atomic E-state index is 4.44. The van der Waals surface area contributed by atoms with Crippen molar-refractivity contribution in [2.24, 2.45) is 0 Å². The van der Waals surface area contributed by atoms with Crippen LogP contribution in [0.2, 0.25) is 0 Å². The monoisotopic (exact) mass is 191 g/mol. The highest BCUT2D eigenvalue weighted by molar-refractivity contribution is 5.21. The van der Waals surface area contributed by atoms with Gasteiger partial charge in [-0.3, -0.25) is 9.97 Å². The molecule has 0 spiro atoms. The molecule has 1 saturated carbocycles. The zero-order valence-electron chi connectivity index (χ0n) is 9.04. The fraction of sp³-hybridized carbons (Fsp3) is 0.636. The number of nitrogens with zero attached hydrogens (tertiary/aromatic N) is 2. The van der Waals surface area contributed by atoms with Crippen LogP contribution >= 0.6 is 0 Å². The van der Waals surface area contributed by atoms with Crippen molar-refractivity contribution in [1.29, 1.82) is 0 Å². The van der Waals surface area contributed by atoms with E-state index in [4.69, 9.17) is 0 Å². The van der Waals surface area contributed by atoms with Crippen molar-refractivity contribution in [3.8, 4) is 0 Å². The first-order valence-corrected chi connectivity index (χ1v) is 5.19. The summed E-state index contributed by atoms with van der Waals surface area (Å²) in [6.07, 6.45) is 6.11. The van der Waals surface area contributed by atoms with Gasteiger partial charge in [0.25, 0.3) is 0 Å². The van der Waals surface area contributed by atoms with Gasteiger partial charge in [-0.2, -0.15) is 0 Å². The highest BCUT2D eigenvalue weighted by Gasteiger charge is 2.45. The minimum Gasteiger partial charge on any atom is -0.304 e. The molecule has 3 heteroatoms. The summed E-state index contributed by atoms with van der Waals surface area (Å²) in [5.41, 5.74) is 2.21. The molecule has 1 N–H and O–H groups in total. The summed E-state index contributed by atoms with van der Waals surface area (Å²) < 4.78 is 0. The third-order valence-corrected chi connectivity index (χ3v) is 2.59. The predicted molar refractivity (Wildman–Crippen MR) is 56.0 cm³/mol. The maximum Gasteiger partial charge on any atom is 0.0787 e. The Morgan fingerprint density at radius 3 is 2.43 bits per heavy atom. The summed E-state index contributed by atoms with van der Waals surface area (Å²) in [4.78, 5) is 8.73. The van der Waals surface area contributed by atoms with Crippen LogP contribution in [0.5, 0.6) is 0 Å². The van der Waals surface area contributed by atoms with Gasteiger partial charge in [0.05, 0.1) is 23.1 Å². The van der Waals surface area contributed by atoms with E-state index in [1.807, 2.05) is 19.3 Å². The Hall–Kier alpha value is -0.960. The van der Waals surface area contributed by atoms with Gasteiger partial charge < -0.3 is 5.32 Å². The topological polar surface area (TPSA) is 37.8 Å². The Morgan fingerprint density at radius 1 is 1.29 bits per heavy atom. The van der Waals surface area contributed by atoms with Crippen LogP contribution < -0.4 is 5.32 Å². The van der Waals surface area contributed by atoms with Gasteiger partial charge in [-0.25, -0.2) is 0 Å². The van der Waals surface area contributed by atoms with Crippen LogP contribution in [-0.4, -0.2) is 16.0 Å². The van der Waals surface area contributed by atoms with Gasteiger partial charge in [0.1, 0.15) is 0 Å². The summed E-state index contributed by atoms with van der Waals surface area (Å²) in [5, 5.41) is 3.56. The largest absolute Gasteiger partial charge is 0.304 e. The molecule has 1 fully saturated rings. The minimum absolute atomic E-state index is 0.134. The molecule has 0 unspecified atom stereocenters. The van der Waals surface area contributed by atoms with Crippen molar-refractivity contribution in [2.75, 3.05) is 0 Å². The molecule has 2 rings (SSSR count). The second kappa shape index (κ2) is 3.31. The van der Waals surface area contributed by atoms with E-state index < -0.39 is 0 Å². The second-order valence-corrected chi connectivity index (χ2v) is 4.42. The number of hydrogen-bond donors (Lipinski definition) is 1. The second-order valence-electron chi connectivity index (χ2n) is 4.42. The predicted octanol–water partition coefficient (Wildman–Crippen LogP) is 1.77. The molecule has 0 radical (unpaired) electrons. The van der Waals surface area contributed by atoms with Crippen molar-refractivity contribution in [3.63, 3.8) is 0 Å². The van der Waals surface area contributed by atoms with Crippen molar-refractivity contribution < 1.29 is 0 Å². The SMILES string of the molecule is Cc1cnc(C2(NC(C)C)CC2)cn1. The fourth-order valence-electron chi connectivity index (χ4n) is 1.79. The molecule has 1 aromatic heterocycles. The number of aromatic nitrogens is 2. The zero-order valence-corrected chi connectivity index (χ0v) is 9.04. The van der Waals surface area contributed by atoms with E-state index >= 15 is 0 Å². The third kappa shape index (κ3) is 1.77. The van der Waals surface area contributed by atoms with Gasteiger partial charge >= 0.3 is 0 Å². The van der Waals surface area contributed by atoms with Gasteiger partial charge in [-0.05, 0) is 33.6 Å². The maximum atomic E-state index is 4.44. The molecule has 0 bridgehead atoms. The van der Waals surface area contributed by atoms with Crippen molar-refractivity contribution in [2.45, 2.75) is 45.2 Å². The smallest absolute Gasteiger partial charge is 0.0787 e. The Balaban J connectivity index is 2.18. The lowest BCUT2D eigenvalue weighted by Crippen LogP contribution is -2.35. The van der Waals surface area contributed by atoms with Crippen LogP contribution in [0.3, 0.4) is 0 Å². The van der Waals surface area contributed by atoms with Crippen LogP contribution in [0, 0.1) is 6.92 Å². The first-order chi connectivity index (χ1) is 6.62. The van der Waals surface area contributed by atoms with E-state index in [0.717, 1.165) is 11.4 Å². The van der Waals surface area contributed by atoms with E-state index in [1.165, 1.54) is 12.8 Å². The molecule has 0 amide bonds. The Labute approximate surface area is 85.0 Å². The molecule has 1 aromatic rings. The van der Waals surface area contributed by atoms with E-state index in [9.17, 15) is 0 Å². The van der Waals surface area contributed by atoms with Crippen LogP contribution in [-0.2, 0) is 5.54 Å². The fourth-order valence-corrected chi connectivity index (χ4v) is 1.79. The number of nitrogens with one attached hydrogen (secondary N) is 1. The van der Waals surface area contributed by atoms with Crippen molar-refractivity contribution in [1.82, 2.24) is 15.3 Å². The first kappa shape index (κ1) is 9.59. The van der Waals surface area contributed by atoms with E-state index in [0.29, 0.717) is 6.04 Å². The molecule has 1 aliphatic carbocycles.